The molecule has 0 N–H and O–H groups in total. The van der Waals surface area contributed by atoms with Crippen LogP contribution in [0.2, 0.25) is 0 Å². The van der Waals surface area contributed by atoms with Crippen molar-refractivity contribution in [3.05, 3.63) is 0 Å². The van der Waals surface area contributed by atoms with E-state index in [1.807, 2.05) is 0 Å². The van der Waals surface area contributed by atoms with E-state index in [9.17, 15) is 0 Å². The fourth-order valence-corrected chi connectivity index (χ4v) is 8.76. The van der Waals surface area contributed by atoms with Crippen LogP contribution in [0.3, 0.4) is 0 Å². The second kappa shape index (κ2) is 2.72. The minimum Gasteiger partial charge on any atom is -0.0649 e. The Labute approximate surface area is 112 Å². The van der Waals surface area contributed by atoms with Gasteiger partial charge in [-0.3, -0.25) is 0 Å². The molecule has 0 aromatic carbocycles. The summed E-state index contributed by atoms with van der Waals surface area (Å²) in [6.45, 7) is 7.65. The Balaban J connectivity index is 1.70. The zero-order chi connectivity index (χ0) is 12.3. The van der Waals surface area contributed by atoms with Crippen molar-refractivity contribution in [3.63, 3.8) is 0 Å². The molecule has 100 valence electrons. The average Bonchev–Trinajstić information content (AvgIpc) is 2.83. The van der Waals surface area contributed by atoms with E-state index in [1.54, 1.807) is 32.1 Å². The first-order valence-corrected chi connectivity index (χ1v) is 8.57. The summed E-state index contributed by atoms with van der Waals surface area (Å²) >= 11 is 0. The van der Waals surface area contributed by atoms with Gasteiger partial charge in [0, 0.05) is 0 Å². The van der Waals surface area contributed by atoms with Gasteiger partial charge < -0.3 is 0 Å². The van der Waals surface area contributed by atoms with Gasteiger partial charge in [0.25, 0.3) is 0 Å². The molecule has 6 saturated carbocycles. The van der Waals surface area contributed by atoms with E-state index in [0.717, 1.165) is 22.7 Å². The third-order valence-corrected chi connectivity index (χ3v) is 8.98. The maximum atomic E-state index is 2.67. The topological polar surface area (TPSA) is 0 Å². The second-order valence-electron chi connectivity index (χ2n) is 9.17. The van der Waals surface area contributed by atoms with Crippen LogP contribution in [0.1, 0.15) is 65.7 Å². The third-order valence-electron chi connectivity index (χ3n) is 8.98. The molecule has 6 aliphatic carbocycles. The molecule has 0 amide bonds. The van der Waals surface area contributed by atoms with Crippen LogP contribution in [-0.4, -0.2) is 0 Å². The normalized spacial score (nSPS) is 70.5. The molecular formula is C18H28. The van der Waals surface area contributed by atoms with Crippen molar-refractivity contribution in [2.75, 3.05) is 0 Å². The van der Waals surface area contributed by atoms with Gasteiger partial charge >= 0.3 is 0 Å². The highest BCUT2D eigenvalue weighted by molar-refractivity contribution is 5.29. The summed E-state index contributed by atoms with van der Waals surface area (Å²) in [5, 5.41) is 0. The number of hydrogen-bond donors (Lipinski definition) is 0. The van der Waals surface area contributed by atoms with Crippen LogP contribution >= 0.6 is 0 Å². The Bertz CT molecular complexity index is 422. The SMILES string of the molecule is CCC12CC3C(C4CC5CC4(C1)C53)C(C)(CC)C2. The first-order valence-electron chi connectivity index (χ1n) is 8.57. The zero-order valence-electron chi connectivity index (χ0n) is 12.3. The first-order chi connectivity index (χ1) is 8.57. The smallest absolute Gasteiger partial charge is 0.0224 e. The Morgan fingerprint density at radius 2 is 1.83 bits per heavy atom. The minimum atomic E-state index is 0.704. The van der Waals surface area contributed by atoms with E-state index in [2.05, 4.69) is 20.8 Å². The van der Waals surface area contributed by atoms with E-state index < -0.39 is 0 Å². The summed E-state index contributed by atoms with van der Waals surface area (Å²) in [6.07, 6.45) is 11.0. The quantitative estimate of drug-likeness (QED) is 0.649. The van der Waals surface area contributed by atoms with Crippen LogP contribution < -0.4 is 0 Å². The van der Waals surface area contributed by atoms with Crippen molar-refractivity contribution in [3.8, 4) is 0 Å². The van der Waals surface area contributed by atoms with E-state index in [-0.39, 0.29) is 0 Å². The Morgan fingerprint density at radius 3 is 2.56 bits per heavy atom. The molecule has 0 aromatic rings. The van der Waals surface area contributed by atoms with Crippen LogP contribution in [0.4, 0.5) is 0 Å². The molecule has 0 aliphatic heterocycles. The number of hydrogen-bond acceptors (Lipinski definition) is 0. The lowest BCUT2D eigenvalue weighted by atomic mass is 9.42. The van der Waals surface area contributed by atoms with Crippen molar-refractivity contribution in [2.45, 2.75) is 65.7 Å². The molecule has 18 heavy (non-hydrogen) atoms. The first kappa shape index (κ1) is 10.7. The van der Waals surface area contributed by atoms with E-state index >= 15 is 0 Å². The molecule has 6 rings (SSSR count). The van der Waals surface area contributed by atoms with Crippen molar-refractivity contribution >= 4 is 0 Å². The average molecular weight is 244 g/mol. The Hall–Kier alpha value is 0. The van der Waals surface area contributed by atoms with Gasteiger partial charge in [0.15, 0.2) is 0 Å². The summed E-state index contributed by atoms with van der Waals surface area (Å²) in [5.74, 6) is 5.85. The molecule has 1 spiro atoms. The van der Waals surface area contributed by atoms with Crippen LogP contribution in [0.5, 0.6) is 0 Å². The van der Waals surface area contributed by atoms with Gasteiger partial charge in [0.1, 0.15) is 0 Å². The van der Waals surface area contributed by atoms with E-state index in [1.165, 1.54) is 30.6 Å². The zero-order valence-corrected chi connectivity index (χ0v) is 12.3. The molecule has 0 radical (unpaired) electrons. The predicted molar refractivity (Wildman–Crippen MR) is 74.1 cm³/mol. The molecule has 0 heterocycles. The molecule has 0 nitrogen and oxygen atoms in total. The highest BCUT2D eigenvalue weighted by Gasteiger charge is 2.81. The molecule has 6 bridgehead atoms. The summed E-state index contributed by atoms with van der Waals surface area (Å²) < 4.78 is 0. The standard InChI is InChI=1S/C18H28/c1-4-16(3)9-17(5-2)8-12-14-11-6-13(15(12)16)18(14,7-11)10-17/h11-15H,4-10H2,1-3H3. The van der Waals surface area contributed by atoms with Crippen molar-refractivity contribution < 1.29 is 0 Å². The minimum absolute atomic E-state index is 0.704. The maximum Gasteiger partial charge on any atom is -0.0224 e. The molecule has 0 saturated heterocycles. The molecular weight excluding hydrogens is 216 g/mol. The fraction of sp³-hybridized carbons (Fsp3) is 1.00. The van der Waals surface area contributed by atoms with Crippen LogP contribution in [-0.2, 0) is 0 Å². The van der Waals surface area contributed by atoms with Crippen molar-refractivity contribution in [1.82, 2.24) is 0 Å². The lowest BCUT2D eigenvalue weighted by molar-refractivity contribution is -0.137. The van der Waals surface area contributed by atoms with Crippen molar-refractivity contribution in [1.29, 1.82) is 0 Å². The predicted octanol–water partition coefficient (Wildman–Crippen LogP) is 4.89. The molecule has 6 aliphatic rings. The van der Waals surface area contributed by atoms with Gasteiger partial charge in [-0.05, 0) is 77.9 Å². The highest BCUT2D eigenvalue weighted by atomic mass is 14.9. The van der Waals surface area contributed by atoms with Gasteiger partial charge in [0.05, 0.1) is 0 Å². The summed E-state index contributed by atoms with van der Waals surface area (Å²) in [6, 6.07) is 0. The molecule has 0 aromatic heterocycles. The molecule has 0 heteroatoms. The molecule has 8 atom stereocenters. The monoisotopic (exact) mass is 244 g/mol. The fourth-order valence-electron chi connectivity index (χ4n) is 8.76. The van der Waals surface area contributed by atoms with Crippen LogP contribution in [0.25, 0.3) is 0 Å². The molecule has 8 unspecified atom stereocenters. The number of rotatable bonds is 2. The molecule has 6 fully saturated rings. The van der Waals surface area contributed by atoms with Gasteiger partial charge in [-0.15, -0.1) is 0 Å². The lowest BCUT2D eigenvalue weighted by Crippen LogP contribution is -2.55. The third kappa shape index (κ3) is 0.826. The largest absolute Gasteiger partial charge is 0.0649 e. The Kier molecular flexibility index (Phi) is 1.62. The summed E-state index contributed by atoms with van der Waals surface area (Å²) in [7, 11) is 0. The maximum absolute atomic E-state index is 2.67. The van der Waals surface area contributed by atoms with E-state index in [0.29, 0.717) is 5.41 Å². The second-order valence-corrected chi connectivity index (χ2v) is 9.17. The highest BCUT2D eigenvalue weighted by Crippen LogP contribution is 2.88. The van der Waals surface area contributed by atoms with Crippen LogP contribution in [0, 0.1) is 45.8 Å². The van der Waals surface area contributed by atoms with E-state index in [4.69, 9.17) is 0 Å². The van der Waals surface area contributed by atoms with Gasteiger partial charge in [-0.25, -0.2) is 0 Å². The summed E-state index contributed by atoms with van der Waals surface area (Å²) in [5.41, 5.74) is 2.36. The van der Waals surface area contributed by atoms with Crippen LogP contribution in [0.15, 0.2) is 0 Å². The van der Waals surface area contributed by atoms with Gasteiger partial charge in [0.2, 0.25) is 0 Å². The Morgan fingerprint density at radius 1 is 1.00 bits per heavy atom. The number of fused-ring (bicyclic) bond motifs is 1. The summed E-state index contributed by atoms with van der Waals surface area (Å²) in [4.78, 5) is 0. The van der Waals surface area contributed by atoms with Crippen molar-refractivity contribution in [2.24, 2.45) is 45.8 Å². The van der Waals surface area contributed by atoms with Gasteiger partial charge in [-0.1, -0.05) is 33.6 Å². The lowest BCUT2D eigenvalue weighted by Gasteiger charge is -2.63. The van der Waals surface area contributed by atoms with Gasteiger partial charge in [-0.2, -0.15) is 0 Å².